The van der Waals surface area contributed by atoms with E-state index < -0.39 is 34.8 Å². The minimum atomic E-state index is -1.18. The number of methoxy groups -OCH3 is 1. The van der Waals surface area contributed by atoms with Gasteiger partial charge in [-0.15, -0.1) is 0 Å². The highest BCUT2D eigenvalue weighted by molar-refractivity contribution is 9.10. The fraction of sp³-hybridized carbons (Fsp3) is 0.286. The molecule has 0 aliphatic carbocycles. The molecule has 1 N–H and O–H groups in total. The topological polar surface area (TPSA) is 132 Å². The number of nitrogens with zero attached hydrogens (tertiary/aromatic N) is 3. The number of phenols is 1. The second-order valence-electron chi connectivity index (χ2n) is 9.36. The Kier molecular flexibility index (Phi) is 7.63. The second kappa shape index (κ2) is 11.1. The zero-order valence-electron chi connectivity index (χ0n) is 21.7. The summed E-state index contributed by atoms with van der Waals surface area (Å²) in [4.78, 5) is 45.6. The Morgan fingerprint density at radius 1 is 1.07 bits per heavy atom. The van der Waals surface area contributed by atoms with Gasteiger partial charge in [0.05, 0.1) is 40.5 Å². The number of benzene rings is 3. The first-order valence-corrected chi connectivity index (χ1v) is 13.4. The van der Waals surface area contributed by atoms with Gasteiger partial charge >= 0.3 is 0 Å². The number of rotatable bonds is 9. The molecule has 3 aromatic carbocycles. The van der Waals surface area contributed by atoms with E-state index in [1.165, 1.54) is 30.4 Å². The Bertz CT molecular complexity index is 1460. The number of nitro groups is 1. The van der Waals surface area contributed by atoms with Crippen LogP contribution in [0.25, 0.3) is 0 Å². The number of halogens is 1. The monoisotopic (exact) mass is 611 g/mol. The van der Waals surface area contributed by atoms with Crippen LogP contribution in [0.2, 0.25) is 0 Å². The lowest BCUT2D eigenvalue weighted by atomic mass is 9.90. The highest BCUT2D eigenvalue weighted by atomic mass is 79.9. The quantitative estimate of drug-likeness (QED) is 0.148. The number of fused-ring (bicyclic) bond motifs is 1. The molecule has 5 rings (SSSR count). The Morgan fingerprint density at radius 3 is 2.50 bits per heavy atom. The highest BCUT2D eigenvalue weighted by Gasteiger charge is 2.60. The van der Waals surface area contributed by atoms with Gasteiger partial charge in [-0.05, 0) is 70.4 Å². The molecular weight excluding hydrogens is 586 g/mol. The Balaban J connectivity index is 1.54. The molecule has 2 amide bonds. The van der Waals surface area contributed by atoms with E-state index in [1.807, 2.05) is 0 Å². The van der Waals surface area contributed by atoms with E-state index in [2.05, 4.69) is 22.9 Å². The number of hydroxylamine groups is 1. The number of hydrogen-bond acceptors (Lipinski definition) is 9. The van der Waals surface area contributed by atoms with E-state index in [1.54, 1.807) is 42.5 Å². The summed E-state index contributed by atoms with van der Waals surface area (Å²) in [5.74, 6) is -1.41. The van der Waals surface area contributed by atoms with Crippen molar-refractivity contribution < 1.29 is 33.9 Å². The van der Waals surface area contributed by atoms with Gasteiger partial charge in [0.15, 0.2) is 17.6 Å². The fourth-order valence-electron chi connectivity index (χ4n) is 4.92. The van der Waals surface area contributed by atoms with Gasteiger partial charge in [0.1, 0.15) is 11.7 Å². The SMILES string of the molecule is CCCCOc1ccc(N2C(=O)[C@@H]3[C@@H](c4cc(Br)c(O)c(OC)c4)N(c4cccc([N+](=O)[O-])c4)O[C@H]3C2=O)cc1. The Labute approximate surface area is 238 Å². The number of carbonyl (C=O) groups is 2. The van der Waals surface area contributed by atoms with Crippen LogP contribution in [0.5, 0.6) is 17.2 Å². The van der Waals surface area contributed by atoms with Crippen molar-refractivity contribution in [1.82, 2.24) is 0 Å². The van der Waals surface area contributed by atoms with E-state index in [9.17, 15) is 24.8 Å². The zero-order chi connectivity index (χ0) is 28.6. The average molecular weight is 612 g/mol. The first-order chi connectivity index (χ1) is 19.2. The number of aromatic hydroxyl groups is 1. The highest BCUT2D eigenvalue weighted by Crippen LogP contribution is 2.50. The summed E-state index contributed by atoms with van der Waals surface area (Å²) in [5, 5.41) is 23.2. The minimum Gasteiger partial charge on any atom is -0.503 e. The van der Waals surface area contributed by atoms with Crippen molar-refractivity contribution >= 4 is 44.8 Å². The van der Waals surface area contributed by atoms with Gasteiger partial charge in [-0.2, -0.15) is 0 Å². The van der Waals surface area contributed by atoms with Crippen LogP contribution in [-0.2, 0) is 14.4 Å². The molecule has 3 atom stereocenters. The molecule has 0 spiro atoms. The third-order valence-electron chi connectivity index (χ3n) is 6.88. The first-order valence-electron chi connectivity index (χ1n) is 12.6. The molecule has 2 aliphatic rings. The molecule has 40 heavy (non-hydrogen) atoms. The van der Waals surface area contributed by atoms with Gasteiger partial charge in [0, 0.05) is 12.1 Å². The van der Waals surface area contributed by atoms with Crippen molar-refractivity contribution in [3.8, 4) is 17.2 Å². The molecule has 0 unspecified atom stereocenters. The number of ether oxygens (including phenoxy) is 2. The van der Waals surface area contributed by atoms with Gasteiger partial charge in [-0.3, -0.25) is 24.5 Å². The predicted molar refractivity (Wildman–Crippen MR) is 148 cm³/mol. The van der Waals surface area contributed by atoms with Crippen LogP contribution in [0, 0.1) is 16.0 Å². The molecule has 2 fully saturated rings. The van der Waals surface area contributed by atoms with Crippen molar-refractivity contribution in [3.63, 3.8) is 0 Å². The van der Waals surface area contributed by atoms with Crippen LogP contribution in [0.15, 0.2) is 65.1 Å². The summed E-state index contributed by atoms with van der Waals surface area (Å²) in [6, 6.07) is 14.7. The first kappa shape index (κ1) is 27.4. The number of amides is 2. The van der Waals surface area contributed by atoms with Crippen LogP contribution in [0.1, 0.15) is 31.4 Å². The molecule has 0 saturated carbocycles. The molecule has 0 aromatic heterocycles. The summed E-state index contributed by atoms with van der Waals surface area (Å²) in [7, 11) is 1.39. The number of nitro benzene ring substituents is 1. The number of unbranched alkanes of at least 4 members (excludes halogenated alkanes) is 1. The molecule has 208 valence electrons. The molecule has 2 aliphatic heterocycles. The van der Waals surface area contributed by atoms with Crippen molar-refractivity contribution in [3.05, 3.63) is 80.8 Å². The molecular formula is C28H26BrN3O8. The zero-order valence-corrected chi connectivity index (χ0v) is 23.2. The fourth-order valence-corrected chi connectivity index (χ4v) is 5.38. The summed E-state index contributed by atoms with van der Waals surface area (Å²) in [6.45, 7) is 2.63. The maximum absolute atomic E-state index is 13.9. The van der Waals surface area contributed by atoms with Gasteiger partial charge in [0.25, 0.3) is 11.6 Å². The Hall–Kier alpha value is -4.16. The standard InChI is InChI=1S/C28H26BrN3O8/c1-3-4-12-39-20-10-8-17(9-11-20)30-27(34)23-24(16-13-21(29)25(33)22(14-16)38-2)31(40-26(23)28(30)35)18-6-5-7-19(15-18)32(36)37/h5-11,13-15,23-24,26,33H,3-4,12H2,1-2H3/t23-,24-,26-/m1/s1. The van der Waals surface area contributed by atoms with Crippen molar-refractivity contribution in [2.24, 2.45) is 5.92 Å². The van der Waals surface area contributed by atoms with Crippen LogP contribution in [0.4, 0.5) is 17.1 Å². The van der Waals surface area contributed by atoms with Crippen LogP contribution < -0.4 is 19.4 Å². The number of imide groups is 1. The minimum absolute atomic E-state index is 0.138. The molecule has 0 radical (unpaired) electrons. The number of phenolic OH excluding ortho intramolecular Hbond substituents is 1. The number of non-ortho nitro benzene ring substituents is 1. The lowest BCUT2D eigenvalue weighted by Crippen LogP contribution is -2.37. The van der Waals surface area contributed by atoms with E-state index in [0.29, 0.717) is 28.1 Å². The number of carbonyl (C=O) groups excluding carboxylic acids is 2. The third-order valence-corrected chi connectivity index (χ3v) is 7.49. The Morgan fingerprint density at radius 2 is 1.82 bits per heavy atom. The van der Waals surface area contributed by atoms with Gasteiger partial charge in [0.2, 0.25) is 5.91 Å². The maximum Gasteiger partial charge on any atom is 0.271 e. The molecule has 2 saturated heterocycles. The largest absolute Gasteiger partial charge is 0.503 e. The third kappa shape index (κ3) is 4.84. The summed E-state index contributed by atoms with van der Waals surface area (Å²) in [6.07, 6.45) is 0.720. The summed E-state index contributed by atoms with van der Waals surface area (Å²) in [5.41, 5.74) is 0.976. The van der Waals surface area contributed by atoms with E-state index in [0.717, 1.165) is 17.7 Å². The molecule has 11 nitrogen and oxygen atoms in total. The lowest BCUT2D eigenvalue weighted by Gasteiger charge is -2.29. The van der Waals surface area contributed by atoms with Gasteiger partial charge in [-0.25, -0.2) is 9.96 Å². The smallest absolute Gasteiger partial charge is 0.271 e. The van der Waals surface area contributed by atoms with Crippen LogP contribution >= 0.6 is 15.9 Å². The predicted octanol–water partition coefficient (Wildman–Crippen LogP) is 5.30. The molecule has 3 aromatic rings. The molecule has 12 heteroatoms. The number of anilines is 2. The van der Waals surface area contributed by atoms with Gasteiger partial charge in [-0.1, -0.05) is 19.4 Å². The van der Waals surface area contributed by atoms with Crippen LogP contribution in [-0.4, -0.2) is 41.7 Å². The lowest BCUT2D eigenvalue weighted by molar-refractivity contribution is -0.384. The van der Waals surface area contributed by atoms with E-state index in [4.69, 9.17) is 14.3 Å². The van der Waals surface area contributed by atoms with Crippen LogP contribution in [0.3, 0.4) is 0 Å². The van der Waals surface area contributed by atoms with Crippen molar-refractivity contribution in [1.29, 1.82) is 0 Å². The molecule has 0 bridgehead atoms. The maximum atomic E-state index is 13.9. The van der Waals surface area contributed by atoms with Crippen molar-refractivity contribution in [2.75, 3.05) is 23.7 Å². The number of hydrogen-bond donors (Lipinski definition) is 1. The second-order valence-corrected chi connectivity index (χ2v) is 10.2. The summed E-state index contributed by atoms with van der Waals surface area (Å²) < 4.78 is 11.3. The normalized spacial score (nSPS) is 20.1. The molecule has 2 heterocycles. The average Bonchev–Trinajstić information content (AvgIpc) is 3.46. The van der Waals surface area contributed by atoms with Crippen molar-refractivity contribution in [2.45, 2.75) is 31.9 Å². The van der Waals surface area contributed by atoms with Gasteiger partial charge < -0.3 is 14.6 Å². The van der Waals surface area contributed by atoms with E-state index >= 15 is 0 Å². The van der Waals surface area contributed by atoms with E-state index in [-0.39, 0.29) is 22.9 Å². The summed E-state index contributed by atoms with van der Waals surface area (Å²) >= 11 is 3.32.